The van der Waals surface area contributed by atoms with E-state index in [9.17, 15) is 43.2 Å². The average Bonchev–Trinajstić information content (AvgIpc) is 0.742. The summed E-state index contributed by atoms with van der Waals surface area (Å²) in [5.74, 6) is -12.8. The molecule has 0 radical (unpaired) electrons. The number of unbranched alkanes of at least 4 members (excludes halogenated alkanes) is 18. The number of carbonyl (C=O) groups excluding carboxylic acids is 9. The second-order valence-electron chi connectivity index (χ2n) is 31.0. The van der Waals surface area contributed by atoms with Crippen molar-refractivity contribution >= 4 is 53.7 Å². The van der Waals surface area contributed by atoms with Crippen LogP contribution in [0.2, 0.25) is 0 Å². The van der Waals surface area contributed by atoms with Gasteiger partial charge in [0.2, 0.25) is 17.2 Å². The molecule has 0 bridgehead atoms. The van der Waals surface area contributed by atoms with Crippen molar-refractivity contribution in [2.24, 2.45) is 0 Å². The van der Waals surface area contributed by atoms with Crippen LogP contribution in [-0.4, -0.2) is 168 Å². The maximum Gasteiger partial charge on any atom is 0.340 e. The van der Waals surface area contributed by atoms with Gasteiger partial charge in [0.15, 0.2) is 89.4 Å². The highest BCUT2D eigenvalue weighted by atomic mass is 16.7. The van der Waals surface area contributed by atoms with Crippen molar-refractivity contribution in [3.8, 4) is 85.1 Å². The minimum absolute atomic E-state index is 0.0557. The summed E-state index contributed by atoms with van der Waals surface area (Å²) in [5.41, 5.74) is 0.556. The largest absolute Gasteiger partial charge is 0.420 e. The molecule has 4 rings (SSSR count). The molecule has 0 unspecified atom stereocenters. The van der Waals surface area contributed by atoms with E-state index in [1.54, 1.807) is 18.2 Å². The molecule has 0 amide bonds. The Balaban J connectivity index is 2.50. The number of ether oxygens (including phenoxy) is 18. The molecule has 0 aliphatic heterocycles. The molecule has 9 atom stereocenters. The Labute approximate surface area is 730 Å². The SMILES string of the molecule is CCCCCO[C@@H](C)C(=O)Oc1cc(-c2cc(-c3cc(OC(=O)[C@H](C)OCCCCC)c(OC(=O)[C@H](C)OCCCCC)c(OC(=O)[C@H](C)OCCCCC)c3)cc(-c3cc(OC(=O)[C@H](C)OCCCCC)c(OC(=O)[C@H](C)OCCCCC)c(OC(=O)[C@H](C)OCCCCC)c3)c2)cc(OC(=O)[C@H](C)OCCCCC)c1OC(=O)[C@H](C)OCCCCC. The lowest BCUT2D eigenvalue weighted by molar-refractivity contribution is -0.150. The van der Waals surface area contributed by atoms with Crippen molar-refractivity contribution in [2.75, 3.05) is 59.5 Å². The highest BCUT2D eigenvalue weighted by molar-refractivity contribution is 5.92. The number of rotatable bonds is 66. The van der Waals surface area contributed by atoms with E-state index in [2.05, 4.69) is 0 Å². The predicted octanol–water partition coefficient (Wildman–Crippen LogP) is 20.2. The van der Waals surface area contributed by atoms with Gasteiger partial charge in [-0.25, -0.2) is 43.2 Å². The molecule has 0 N–H and O–H groups in total. The third-order valence-corrected chi connectivity index (χ3v) is 19.9. The van der Waals surface area contributed by atoms with Gasteiger partial charge in [0.05, 0.1) is 0 Å². The second kappa shape index (κ2) is 61.2. The van der Waals surface area contributed by atoms with Gasteiger partial charge in [0.25, 0.3) is 0 Å². The summed E-state index contributed by atoms with van der Waals surface area (Å²) in [6.07, 6.45) is 9.54. The molecule has 27 heteroatoms. The summed E-state index contributed by atoms with van der Waals surface area (Å²) in [6.45, 7) is 33.3. The molecule has 27 nitrogen and oxygen atoms in total. The number of esters is 9. The second-order valence-corrected chi connectivity index (χ2v) is 31.0. The van der Waals surface area contributed by atoms with Crippen molar-refractivity contribution in [3.05, 3.63) is 54.6 Å². The van der Waals surface area contributed by atoms with Crippen LogP contribution in [0.3, 0.4) is 0 Å². The minimum atomic E-state index is -1.23. The topological polar surface area (TPSA) is 320 Å². The van der Waals surface area contributed by atoms with Gasteiger partial charge in [0, 0.05) is 59.5 Å². The molecule has 0 aliphatic carbocycles. The van der Waals surface area contributed by atoms with E-state index in [0.717, 1.165) is 116 Å². The van der Waals surface area contributed by atoms with E-state index in [-0.39, 0.29) is 92.8 Å². The zero-order valence-electron chi connectivity index (χ0n) is 76.9. The van der Waals surface area contributed by atoms with Crippen LogP contribution in [0.25, 0.3) is 33.4 Å². The summed E-state index contributed by atoms with van der Waals surface area (Å²) in [7, 11) is 0. The van der Waals surface area contributed by atoms with E-state index in [1.807, 2.05) is 62.3 Å². The Morgan fingerprint density at radius 1 is 0.179 bits per heavy atom. The summed E-state index contributed by atoms with van der Waals surface area (Å²) >= 11 is 0. The zero-order chi connectivity index (χ0) is 90.6. The van der Waals surface area contributed by atoms with Gasteiger partial charge in [-0.05, 0) is 208 Å². The van der Waals surface area contributed by atoms with Crippen LogP contribution in [0.5, 0.6) is 51.7 Å². The maximum atomic E-state index is 14.7. The molecule has 4 aromatic carbocycles. The van der Waals surface area contributed by atoms with Gasteiger partial charge in [-0.2, -0.15) is 0 Å². The molecule has 4 aromatic rings. The molecule has 0 saturated heterocycles. The number of carbonyl (C=O) groups is 9. The van der Waals surface area contributed by atoms with Gasteiger partial charge in [-0.3, -0.25) is 0 Å². The third kappa shape index (κ3) is 39.5. The highest BCUT2D eigenvalue weighted by Crippen LogP contribution is 2.49. The van der Waals surface area contributed by atoms with Gasteiger partial charge in [-0.1, -0.05) is 178 Å². The van der Waals surface area contributed by atoms with Gasteiger partial charge in [0.1, 0.15) is 0 Å². The van der Waals surface area contributed by atoms with E-state index >= 15 is 0 Å². The van der Waals surface area contributed by atoms with Crippen molar-refractivity contribution in [2.45, 2.75) is 353 Å². The van der Waals surface area contributed by atoms with Crippen LogP contribution >= 0.6 is 0 Å². The summed E-state index contributed by atoms with van der Waals surface area (Å²) in [6, 6.07) is 13.0. The highest BCUT2D eigenvalue weighted by Gasteiger charge is 2.35. The lowest BCUT2D eigenvalue weighted by atomic mass is 9.92. The Morgan fingerprint density at radius 2 is 0.293 bits per heavy atom. The van der Waals surface area contributed by atoms with Crippen LogP contribution in [-0.2, 0) is 85.8 Å². The Kier molecular flexibility index (Phi) is 53.3. The van der Waals surface area contributed by atoms with Crippen LogP contribution in [0.4, 0.5) is 0 Å². The quantitative estimate of drug-likeness (QED) is 0.0225. The summed E-state index contributed by atoms with van der Waals surface area (Å²) in [5, 5.41) is 0. The smallest absolute Gasteiger partial charge is 0.340 e. The van der Waals surface area contributed by atoms with Gasteiger partial charge in [-0.15, -0.1) is 0 Å². The number of hydrogen-bond acceptors (Lipinski definition) is 27. The Hall–Kier alpha value is -8.25. The van der Waals surface area contributed by atoms with Gasteiger partial charge < -0.3 is 85.3 Å². The first-order valence-electron chi connectivity index (χ1n) is 45.3. The lowest BCUT2D eigenvalue weighted by Crippen LogP contribution is -2.29. The molecule has 123 heavy (non-hydrogen) atoms. The van der Waals surface area contributed by atoms with E-state index in [0.29, 0.717) is 57.8 Å². The fourth-order valence-electron chi connectivity index (χ4n) is 11.9. The maximum absolute atomic E-state index is 14.7. The van der Waals surface area contributed by atoms with Crippen LogP contribution < -0.4 is 42.6 Å². The molecule has 0 aliphatic rings. The zero-order valence-corrected chi connectivity index (χ0v) is 76.9. The molecule has 0 fully saturated rings. The molecule has 0 aromatic heterocycles. The fraction of sp³-hybridized carbons (Fsp3) is 0.656. The number of hydrogen-bond donors (Lipinski definition) is 0. The predicted molar refractivity (Wildman–Crippen MR) is 468 cm³/mol. The van der Waals surface area contributed by atoms with Gasteiger partial charge >= 0.3 is 53.7 Å². The van der Waals surface area contributed by atoms with Crippen molar-refractivity contribution < 1.29 is 128 Å². The van der Waals surface area contributed by atoms with E-state index in [1.165, 1.54) is 98.7 Å². The molecular formula is C96H144O27. The Bertz CT molecular complexity index is 3280. The van der Waals surface area contributed by atoms with Crippen molar-refractivity contribution in [1.29, 1.82) is 0 Å². The fourth-order valence-corrected chi connectivity index (χ4v) is 11.9. The molecule has 0 spiro atoms. The van der Waals surface area contributed by atoms with Crippen molar-refractivity contribution in [1.82, 2.24) is 0 Å². The van der Waals surface area contributed by atoms with Crippen molar-refractivity contribution in [3.63, 3.8) is 0 Å². The minimum Gasteiger partial charge on any atom is -0.420 e. The monoisotopic (exact) mass is 1730 g/mol. The lowest BCUT2D eigenvalue weighted by Gasteiger charge is -2.22. The van der Waals surface area contributed by atoms with Crippen LogP contribution in [0.15, 0.2) is 54.6 Å². The Morgan fingerprint density at radius 3 is 0.415 bits per heavy atom. The van der Waals surface area contributed by atoms with E-state index < -0.39 is 160 Å². The molecular weight excluding hydrogens is 1590 g/mol. The standard InChI is InChI=1S/C96H144O27/c1-19-28-37-46-106-64(10)88(97)115-79-58-76(59-80(116-89(98)65(11)107-47-38-29-20-2)85(79)121-94(103)70(16)112-52-43-34-25-7)73-55-74(77-60-81(117-90(99)66(12)108-48-39-30-21-3)86(122-95(104)71(17)113-53-44-35-26-8)82(61-77)118-91(100)67(13)109-49-40-31-22-4)57-75(56-73)78-62-83(119-92(101)68(14)110-50-41-32-23-5)87(123-96(105)72(18)114-54-45-36-27-9)84(63-78)120-93(102)69(15)111-51-42-33-24-6/h55-72H,19-54H2,1-18H3/t64-,65-,66-,67-,68-,69-,70-,71-,72-/m0/s1. The third-order valence-electron chi connectivity index (χ3n) is 19.9. The van der Waals surface area contributed by atoms with Crippen LogP contribution in [0.1, 0.15) is 298 Å². The van der Waals surface area contributed by atoms with E-state index in [4.69, 9.17) is 85.3 Å². The first-order chi connectivity index (χ1) is 59.1. The average molecular weight is 1730 g/mol. The number of benzene rings is 4. The first-order valence-corrected chi connectivity index (χ1v) is 45.3. The summed E-state index contributed by atoms with van der Waals surface area (Å²) < 4.78 is 111. The molecule has 690 valence electrons. The first kappa shape index (κ1) is 107. The normalized spacial score (nSPS) is 13.6. The van der Waals surface area contributed by atoms with Crippen LogP contribution in [0, 0.1) is 0 Å². The molecule has 0 saturated carbocycles. The molecule has 0 heterocycles. The summed E-state index contributed by atoms with van der Waals surface area (Å²) in [4.78, 5) is 132.